The van der Waals surface area contributed by atoms with Crippen molar-refractivity contribution < 1.29 is 0 Å². The van der Waals surface area contributed by atoms with Crippen molar-refractivity contribution in [2.24, 2.45) is 4.99 Å². The van der Waals surface area contributed by atoms with Crippen molar-refractivity contribution in [3.05, 3.63) is 179 Å². The average molecular weight is 489 g/mol. The third-order valence-electron chi connectivity index (χ3n) is 7.86. The van der Waals surface area contributed by atoms with Gasteiger partial charge < -0.3 is 4.90 Å². The summed E-state index contributed by atoms with van der Waals surface area (Å²) in [5.41, 5.74) is 10.5. The van der Waals surface area contributed by atoms with Gasteiger partial charge in [0.2, 0.25) is 0 Å². The van der Waals surface area contributed by atoms with Crippen molar-refractivity contribution in [2.45, 2.75) is 18.9 Å². The molecule has 2 heterocycles. The first-order valence-electron chi connectivity index (χ1n) is 13.2. The SMILES string of the molecule is Cc1cccc2c1N=C1N(C2)C(=C(c2ccccc2)c2ccccc2)C1(c1ccccc1)c1ccccc1. The van der Waals surface area contributed by atoms with Crippen LogP contribution in [0.1, 0.15) is 33.4 Å². The van der Waals surface area contributed by atoms with Gasteiger partial charge in [-0.3, -0.25) is 0 Å². The average Bonchev–Trinajstić information content (AvgIpc) is 2.98. The van der Waals surface area contributed by atoms with Crippen LogP contribution in [0.2, 0.25) is 0 Å². The number of benzene rings is 5. The van der Waals surface area contributed by atoms with E-state index in [1.165, 1.54) is 44.7 Å². The number of hydrogen-bond acceptors (Lipinski definition) is 2. The molecule has 0 atom stereocenters. The molecule has 5 aromatic rings. The predicted octanol–water partition coefficient (Wildman–Crippen LogP) is 8.30. The van der Waals surface area contributed by atoms with Gasteiger partial charge in [0.15, 0.2) is 0 Å². The topological polar surface area (TPSA) is 15.6 Å². The molecule has 1 fully saturated rings. The van der Waals surface area contributed by atoms with E-state index >= 15 is 0 Å². The minimum Gasteiger partial charge on any atom is -0.325 e. The summed E-state index contributed by atoms with van der Waals surface area (Å²) >= 11 is 0. The molecule has 0 amide bonds. The van der Waals surface area contributed by atoms with Gasteiger partial charge in [-0.1, -0.05) is 140 Å². The third kappa shape index (κ3) is 3.30. The molecule has 0 aliphatic carbocycles. The molecule has 38 heavy (non-hydrogen) atoms. The van der Waals surface area contributed by atoms with Crippen molar-refractivity contribution in [1.29, 1.82) is 0 Å². The number of hydrogen-bond donors (Lipinski definition) is 0. The zero-order valence-corrected chi connectivity index (χ0v) is 21.4. The predicted molar refractivity (Wildman–Crippen MR) is 156 cm³/mol. The van der Waals surface area contributed by atoms with Crippen LogP contribution in [0.5, 0.6) is 0 Å². The minimum absolute atomic E-state index is 0.510. The second-order valence-corrected chi connectivity index (χ2v) is 10.0. The van der Waals surface area contributed by atoms with Crippen molar-refractivity contribution in [1.82, 2.24) is 4.90 Å². The molecule has 182 valence electrons. The van der Waals surface area contributed by atoms with Gasteiger partial charge in [-0.25, -0.2) is 4.99 Å². The monoisotopic (exact) mass is 488 g/mol. The van der Waals surface area contributed by atoms with E-state index < -0.39 is 5.41 Å². The molecule has 0 saturated carbocycles. The fraction of sp³-hybridized carbons (Fsp3) is 0.0833. The fourth-order valence-corrected chi connectivity index (χ4v) is 6.19. The molecule has 1 saturated heterocycles. The van der Waals surface area contributed by atoms with Crippen LogP contribution in [0.25, 0.3) is 5.57 Å². The largest absolute Gasteiger partial charge is 0.325 e. The van der Waals surface area contributed by atoms with E-state index in [4.69, 9.17) is 4.99 Å². The second kappa shape index (κ2) is 9.00. The first-order chi connectivity index (χ1) is 18.8. The fourth-order valence-electron chi connectivity index (χ4n) is 6.19. The molecule has 7 rings (SSSR count). The molecule has 2 aliphatic rings. The highest BCUT2D eigenvalue weighted by molar-refractivity contribution is 6.13. The summed E-state index contributed by atoms with van der Waals surface area (Å²) in [6.45, 7) is 2.97. The zero-order valence-electron chi connectivity index (χ0n) is 21.4. The molecule has 2 heteroatoms. The van der Waals surface area contributed by atoms with Crippen LogP contribution in [-0.4, -0.2) is 10.7 Å². The molecule has 0 N–H and O–H groups in total. The van der Waals surface area contributed by atoms with Crippen LogP contribution < -0.4 is 0 Å². The smallest absolute Gasteiger partial charge is 0.131 e. The van der Waals surface area contributed by atoms with Crippen molar-refractivity contribution in [3.63, 3.8) is 0 Å². The number of nitrogens with zero attached hydrogens (tertiary/aromatic N) is 2. The number of fused-ring (bicyclic) bond motifs is 2. The van der Waals surface area contributed by atoms with Gasteiger partial charge in [-0.2, -0.15) is 0 Å². The maximum atomic E-state index is 5.45. The highest BCUT2D eigenvalue weighted by Crippen LogP contribution is 2.57. The van der Waals surface area contributed by atoms with E-state index in [-0.39, 0.29) is 0 Å². The Hall–Kier alpha value is -4.69. The molecular weight excluding hydrogens is 460 g/mol. The number of aliphatic imine (C=N–C) groups is 1. The summed E-state index contributed by atoms with van der Waals surface area (Å²) in [4.78, 5) is 7.90. The second-order valence-electron chi connectivity index (χ2n) is 10.0. The van der Waals surface area contributed by atoms with Crippen molar-refractivity contribution >= 4 is 17.1 Å². The van der Waals surface area contributed by atoms with E-state index in [1.807, 2.05) is 0 Å². The Morgan fingerprint density at radius 3 is 1.63 bits per heavy atom. The maximum absolute atomic E-state index is 5.45. The van der Waals surface area contributed by atoms with Gasteiger partial charge in [0.1, 0.15) is 11.3 Å². The van der Waals surface area contributed by atoms with Gasteiger partial charge in [0, 0.05) is 5.57 Å². The van der Waals surface area contributed by atoms with E-state index in [1.54, 1.807) is 0 Å². The summed E-state index contributed by atoms with van der Waals surface area (Å²) in [5, 5.41) is 0. The van der Waals surface area contributed by atoms with Gasteiger partial charge >= 0.3 is 0 Å². The van der Waals surface area contributed by atoms with Gasteiger partial charge in [0.25, 0.3) is 0 Å². The van der Waals surface area contributed by atoms with Crippen LogP contribution in [0.15, 0.2) is 150 Å². The Bertz CT molecular complexity index is 1590. The molecule has 2 aliphatic heterocycles. The lowest BCUT2D eigenvalue weighted by atomic mass is 9.61. The lowest BCUT2D eigenvalue weighted by Gasteiger charge is -2.57. The summed E-state index contributed by atoms with van der Waals surface area (Å²) in [6.07, 6.45) is 0. The van der Waals surface area contributed by atoms with Crippen LogP contribution in [0, 0.1) is 6.92 Å². The van der Waals surface area contributed by atoms with Crippen LogP contribution in [0.4, 0.5) is 5.69 Å². The molecule has 0 radical (unpaired) electrons. The first kappa shape index (κ1) is 22.5. The molecule has 0 unspecified atom stereocenters. The van der Waals surface area contributed by atoms with E-state index in [2.05, 4.69) is 151 Å². The number of para-hydroxylation sites is 1. The standard InChI is InChI=1S/C36H28N2/c1-26-15-14-20-29-25-38-34(32(27-16-6-2-7-17-27)28-18-8-3-9-19-28)36(35(38)37-33(26)29,30-21-10-4-11-22-30)31-23-12-5-13-24-31/h2-24H,25H2,1H3. The molecule has 0 aromatic heterocycles. The maximum Gasteiger partial charge on any atom is 0.131 e. The molecule has 0 spiro atoms. The molecule has 2 nitrogen and oxygen atoms in total. The van der Waals surface area contributed by atoms with Crippen LogP contribution in [-0.2, 0) is 12.0 Å². The van der Waals surface area contributed by atoms with Gasteiger partial charge in [-0.05, 0) is 40.3 Å². The number of aryl methyl sites for hydroxylation is 1. The number of amidine groups is 1. The lowest BCUT2D eigenvalue weighted by molar-refractivity contribution is 0.353. The van der Waals surface area contributed by atoms with Gasteiger partial charge in [-0.15, -0.1) is 0 Å². The Balaban J connectivity index is 1.64. The Labute approximate surface area is 224 Å². The number of rotatable bonds is 4. The van der Waals surface area contributed by atoms with Crippen molar-refractivity contribution in [2.75, 3.05) is 0 Å². The van der Waals surface area contributed by atoms with E-state index in [0.717, 1.165) is 18.1 Å². The highest BCUT2D eigenvalue weighted by atomic mass is 15.3. The Morgan fingerprint density at radius 1 is 0.605 bits per heavy atom. The summed E-state index contributed by atoms with van der Waals surface area (Å²) < 4.78 is 0. The van der Waals surface area contributed by atoms with Gasteiger partial charge in [0.05, 0.1) is 17.9 Å². The summed E-state index contributed by atoms with van der Waals surface area (Å²) in [7, 11) is 0. The highest BCUT2D eigenvalue weighted by Gasteiger charge is 2.59. The molecular formula is C36H28N2. The normalized spacial score (nSPS) is 15.1. The third-order valence-corrected chi connectivity index (χ3v) is 7.86. The summed E-state index contributed by atoms with van der Waals surface area (Å²) in [5.74, 6) is 1.09. The minimum atomic E-state index is -0.510. The quantitative estimate of drug-likeness (QED) is 0.248. The molecule has 5 aromatic carbocycles. The van der Waals surface area contributed by atoms with E-state index in [0.29, 0.717) is 0 Å². The van der Waals surface area contributed by atoms with Crippen LogP contribution in [0.3, 0.4) is 0 Å². The Kier molecular flexibility index (Phi) is 5.33. The van der Waals surface area contributed by atoms with Crippen LogP contribution >= 0.6 is 0 Å². The molecule has 0 bridgehead atoms. The van der Waals surface area contributed by atoms with Crippen molar-refractivity contribution in [3.8, 4) is 0 Å². The summed E-state index contributed by atoms with van der Waals surface area (Å²) in [6, 6.07) is 50.0. The zero-order chi connectivity index (χ0) is 25.5. The lowest BCUT2D eigenvalue weighted by Crippen LogP contribution is -2.63. The first-order valence-corrected chi connectivity index (χ1v) is 13.2. The Morgan fingerprint density at radius 2 is 1.11 bits per heavy atom. The van der Waals surface area contributed by atoms with E-state index in [9.17, 15) is 0 Å².